The fraction of sp³-hybridized carbons (Fsp3) is 0.857. The molecule has 11 heavy (non-hydrogen) atoms. The minimum absolute atomic E-state index is 0.00773. The van der Waals surface area contributed by atoms with Gasteiger partial charge < -0.3 is 15.2 Å². The van der Waals surface area contributed by atoms with Gasteiger partial charge in [0.2, 0.25) is 0 Å². The van der Waals surface area contributed by atoms with Crippen LogP contribution in [0.15, 0.2) is 0 Å². The first-order valence-corrected chi connectivity index (χ1v) is 3.68. The number of carbonyl (C=O) groups is 1. The minimum Gasteiger partial charge on any atom is -0.464 e. The molecule has 0 aromatic rings. The van der Waals surface area contributed by atoms with Crippen molar-refractivity contribution in [3.8, 4) is 0 Å². The van der Waals surface area contributed by atoms with Crippen LogP contribution in [0.1, 0.15) is 13.8 Å². The van der Waals surface area contributed by atoms with Crippen LogP contribution in [-0.2, 0) is 14.3 Å². The number of rotatable bonds is 5. The highest BCUT2D eigenvalue weighted by Crippen LogP contribution is 1.88. The molecule has 0 unspecified atom stereocenters. The number of ether oxygens (including phenoxy) is 2. The Morgan fingerprint density at radius 2 is 2.27 bits per heavy atom. The molecule has 2 N–H and O–H groups in total. The third-order valence-electron chi connectivity index (χ3n) is 1.12. The maximum absolute atomic E-state index is 10.7. The summed E-state index contributed by atoms with van der Waals surface area (Å²) in [6.45, 7) is 4.36. The van der Waals surface area contributed by atoms with Crippen LogP contribution < -0.4 is 5.73 Å². The van der Waals surface area contributed by atoms with Gasteiger partial charge in [0.15, 0.2) is 0 Å². The predicted molar refractivity (Wildman–Crippen MR) is 41.1 cm³/mol. The molecule has 4 heteroatoms. The summed E-state index contributed by atoms with van der Waals surface area (Å²) < 4.78 is 9.64. The Morgan fingerprint density at radius 1 is 1.64 bits per heavy atom. The van der Waals surface area contributed by atoms with Crippen molar-refractivity contribution in [1.82, 2.24) is 0 Å². The van der Waals surface area contributed by atoms with E-state index in [-0.39, 0.29) is 18.7 Å². The van der Waals surface area contributed by atoms with E-state index in [2.05, 4.69) is 4.74 Å². The fourth-order valence-electron chi connectivity index (χ4n) is 0.481. The fourth-order valence-corrected chi connectivity index (χ4v) is 0.481. The molecule has 0 heterocycles. The van der Waals surface area contributed by atoms with Gasteiger partial charge in [0.05, 0.1) is 12.7 Å². The Balaban J connectivity index is 3.30. The van der Waals surface area contributed by atoms with Gasteiger partial charge in [-0.3, -0.25) is 0 Å². The van der Waals surface area contributed by atoms with Crippen LogP contribution in [-0.4, -0.2) is 31.8 Å². The van der Waals surface area contributed by atoms with Gasteiger partial charge in [-0.15, -0.1) is 0 Å². The van der Waals surface area contributed by atoms with E-state index in [9.17, 15) is 4.79 Å². The number of hydrogen-bond acceptors (Lipinski definition) is 4. The van der Waals surface area contributed by atoms with Crippen molar-refractivity contribution in [2.45, 2.75) is 20.0 Å². The quantitative estimate of drug-likeness (QED) is 0.572. The second kappa shape index (κ2) is 6.12. The molecule has 0 bridgehead atoms. The van der Waals surface area contributed by atoms with Gasteiger partial charge in [0.25, 0.3) is 0 Å². The standard InChI is InChI=1S/C7H15NO3/c1-3-10-7(9)5-11-6(2)4-8/h6H,3-5,8H2,1-2H3/t6-/m0/s1. The van der Waals surface area contributed by atoms with Crippen molar-refractivity contribution in [2.24, 2.45) is 5.73 Å². The zero-order valence-electron chi connectivity index (χ0n) is 7.00. The molecule has 0 saturated heterocycles. The van der Waals surface area contributed by atoms with Gasteiger partial charge in [-0.25, -0.2) is 4.79 Å². The van der Waals surface area contributed by atoms with E-state index in [4.69, 9.17) is 10.5 Å². The monoisotopic (exact) mass is 161 g/mol. The molecule has 0 fully saturated rings. The normalized spacial score (nSPS) is 12.6. The second-order valence-electron chi connectivity index (χ2n) is 2.16. The second-order valence-corrected chi connectivity index (χ2v) is 2.16. The Bertz CT molecular complexity index is 116. The lowest BCUT2D eigenvalue weighted by molar-refractivity contribution is -0.150. The zero-order chi connectivity index (χ0) is 8.69. The first-order valence-electron chi connectivity index (χ1n) is 3.68. The van der Waals surface area contributed by atoms with Crippen molar-refractivity contribution < 1.29 is 14.3 Å². The summed E-state index contributed by atoms with van der Waals surface area (Å²) in [5, 5.41) is 0. The topological polar surface area (TPSA) is 61.5 Å². The van der Waals surface area contributed by atoms with Crippen LogP contribution in [0.2, 0.25) is 0 Å². The van der Waals surface area contributed by atoms with E-state index >= 15 is 0 Å². The zero-order valence-corrected chi connectivity index (χ0v) is 7.00. The Labute approximate surface area is 66.7 Å². The molecule has 0 aliphatic heterocycles. The van der Waals surface area contributed by atoms with Crippen LogP contribution in [0.3, 0.4) is 0 Å². The maximum Gasteiger partial charge on any atom is 0.332 e. The molecule has 0 aromatic carbocycles. The van der Waals surface area contributed by atoms with Gasteiger partial charge in [0.1, 0.15) is 6.61 Å². The molecule has 0 aromatic heterocycles. The van der Waals surface area contributed by atoms with E-state index in [1.807, 2.05) is 0 Å². The molecule has 0 aliphatic carbocycles. The number of hydrogen-bond donors (Lipinski definition) is 1. The van der Waals surface area contributed by atoms with Gasteiger partial charge >= 0.3 is 5.97 Å². The average Bonchev–Trinajstić information content (AvgIpc) is 2.01. The minimum atomic E-state index is -0.340. The van der Waals surface area contributed by atoms with Crippen molar-refractivity contribution >= 4 is 5.97 Å². The third-order valence-corrected chi connectivity index (χ3v) is 1.12. The molecule has 0 radical (unpaired) electrons. The summed E-state index contributed by atoms with van der Waals surface area (Å²) in [5.74, 6) is -0.340. The highest BCUT2D eigenvalue weighted by atomic mass is 16.6. The van der Waals surface area contributed by atoms with Crippen LogP contribution >= 0.6 is 0 Å². The predicted octanol–water partition coefficient (Wildman–Crippen LogP) is -0.0867. The Kier molecular flexibility index (Phi) is 5.78. The maximum atomic E-state index is 10.7. The van der Waals surface area contributed by atoms with Crippen molar-refractivity contribution in [3.05, 3.63) is 0 Å². The van der Waals surface area contributed by atoms with E-state index in [1.54, 1.807) is 13.8 Å². The van der Waals surface area contributed by atoms with Crippen molar-refractivity contribution in [3.63, 3.8) is 0 Å². The molecule has 4 nitrogen and oxygen atoms in total. The smallest absolute Gasteiger partial charge is 0.332 e. The summed E-state index contributed by atoms with van der Waals surface area (Å²) in [6, 6.07) is 0. The van der Waals surface area contributed by atoms with Gasteiger partial charge in [-0.1, -0.05) is 0 Å². The van der Waals surface area contributed by atoms with Gasteiger partial charge in [0, 0.05) is 6.54 Å². The van der Waals surface area contributed by atoms with Gasteiger partial charge in [-0.05, 0) is 13.8 Å². The number of esters is 1. The molecule has 0 amide bonds. The van der Waals surface area contributed by atoms with Crippen LogP contribution in [0.25, 0.3) is 0 Å². The molecular formula is C7H15NO3. The number of carbonyl (C=O) groups excluding carboxylic acids is 1. The molecule has 0 rings (SSSR count). The lowest BCUT2D eigenvalue weighted by Gasteiger charge is -2.08. The number of nitrogens with two attached hydrogens (primary N) is 1. The largest absolute Gasteiger partial charge is 0.464 e. The molecule has 0 saturated carbocycles. The van der Waals surface area contributed by atoms with Crippen LogP contribution in [0.4, 0.5) is 0 Å². The van der Waals surface area contributed by atoms with Crippen LogP contribution in [0.5, 0.6) is 0 Å². The van der Waals surface area contributed by atoms with E-state index in [0.29, 0.717) is 13.2 Å². The van der Waals surface area contributed by atoms with E-state index in [0.717, 1.165) is 0 Å². The van der Waals surface area contributed by atoms with Crippen molar-refractivity contribution in [2.75, 3.05) is 19.8 Å². The Hall–Kier alpha value is -0.610. The summed E-state index contributed by atoms with van der Waals surface area (Å²) in [5.41, 5.74) is 5.26. The molecule has 0 spiro atoms. The lowest BCUT2D eigenvalue weighted by atomic mass is 10.4. The van der Waals surface area contributed by atoms with E-state index in [1.165, 1.54) is 0 Å². The third kappa shape index (κ3) is 5.82. The molecular weight excluding hydrogens is 146 g/mol. The molecule has 1 atom stereocenters. The highest BCUT2D eigenvalue weighted by molar-refractivity contribution is 5.70. The van der Waals surface area contributed by atoms with E-state index < -0.39 is 0 Å². The first kappa shape index (κ1) is 10.4. The van der Waals surface area contributed by atoms with Gasteiger partial charge in [-0.2, -0.15) is 0 Å². The summed E-state index contributed by atoms with van der Waals surface area (Å²) in [7, 11) is 0. The van der Waals surface area contributed by atoms with Crippen molar-refractivity contribution in [1.29, 1.82) is 0 Å². The summed E-state index contributed by atoms with van der Waals surface area (Å²) in [4.78, 5) is 10.7. The molecule has 0 aliphatic rings. The SMILES string of the molecule is CCOC(=O)CO[C@@H](C)CN. The average molecular weight is 161 g/mol. The lowest BCUT2D eigenvalue weighted by Crippen LogP contribution is -2.24. The first-order chi connectivity index (χ1) is 5.20. The van der Waals surface area contributed by atoms with Crippen LogP contribution in [0, 0.1) is 0 Å². The highest BCUT2D eigenvalue weighted by Gasteiger charge is 2.04. The summed E-state index contributed by atoms with van der Waals surface area (Å²) in [6.07, 6.45) is -0.0839. The molecule has 66 valence electrons. The summed E-state index contributed by atoms with van der Waals surface area (Å²) >= 11 is 0. The Morgan fingerprint density at radius 3 is 2.73 bits per heavy atom.